The maximum atomic E-state index is 3.65. The summed E-state index contributed by atoms with van der Waals surface area (Å²) in [4.78, 5) is 0. The van der Waals surface area contributed by atoms with Gasteiger partial charge in [0.05, 0.1) is 0 Å². The fourth-order valence-electron chi connectivity index (χ4n) is 8.52. The minimum Gasteiger partial charge on any atom is -1.00 e. The molecule has 0 saturated heterocycles. The Bertz CT molecular complexity index is 1810. The van der Waals surface area contributed by atoms with Crippen LogP contribution in [-0.2, 0) is 46.9 Å². The topological polar surface area (TPSA) is 0 Å². The van der Waals surface area contributed by atoms with Gasteiger partial charge in [-0.05, 0) is 58.4 Å². The molecule has 49 heavy (non-hydrogen) atoms. The van der Waals surface area contributed by atoms with Gasteiger partial charge in [-0.25, -0.2) is 11.6 Å². The summed E-state index contributed by atoms with van der Waals surface area (Å²) in [7, 11) is 0. The molecular formula is C46H52Cl2Zr-2. The fraction of sp³-hybridized carbons (Fsp3) is 0.391. The zero-order valence-electron chi connectivity index (χ0n) is 31.0. The van der Waals surface area contributed by atoms with Crippen LogP contribution < -0.4 is 24.8 Å². The summed E-state index contributed by atoms with van der Waals surface area (Å²) >= 11 is 1.51. The first kappa shape index (κ1) is 39.6. The Kier molecular flexibility index (Phi) is 12.3. The van der Waals surface area contributed by atoms with Crippen molar-refractivity contribution in [2.75, 3.05) is 0 Å². The molecule has 0 N–H and O–H groups in total. The molecule has 0 atom stereocenters. The van der Waals surface area contributed by atoms with Crippen LogP contribution in [0.3, 0.4) is 0 Å². The maximum absolute atomic E-state index is 3.65. The molecule has 1 saturated carbocycles. The minimum absolute atomic E-state index is 0. The number of halogens is 2. The van der Waals surface area contributed by atoms with Crippen molar-refractivity contribution in [2.45, 2.75) is 117 Å². The predicted molar refractivity (Wildman–Crippen MR) is 200 cm³/mol. The van der Waals surface area contributed by atoms with E-state index in [1.165, 1.54) is 126 Å². The van der Waals surface area contributed by atoms with Gasteiger partial charge in [-0.1, -0.05) is 110 Å². The zero-order valence-corrected chi connectivity index (χ0v) is 35.0. The molecule has 4 aliphatic rings. The first-order valence-corrected chi connectivity index (χ1v) is 18.9. The molecule has 3 heteroatoms. The average molecular weight is 767 g/mol. The number of hydrogen-bond donors (Lipinski definition) is 0. The molecule has 0 aliphatic heterocycles. The zero-order chi connectivity index (χ0) is 33.7. The van der Waals surface area contributed by atoms with E-state index in [0.29, 0.717) is 5.41 Å². The molecule has 256 valence electrons. The number of aryl methyl sites for hydroxylation is 1. The van der Waals surface area contributed by atoms with Crippen molar-refractivity contribution >= 4 is 14.4 Å². The molecule has 0 unspecified atom stereocenters. The van der Waals surface area contributed by atoms with Gasteiger partial charge in [0.25, 0.3) is 0 Å². The maximum Gasteiger partial charge on any atom is -0.0533 e. The molecule has 1 fully saturated rings. The van der Waals surface area contributed by atoms with Gasteiger partial charge < -0.3 is 24.8 Å². The summed E-state index contributed by atoms with van der Waals surface area (Å²) in [6.07, 6.45) is 14.2. The Labute approximate surface area is 324 Å². The van der Waals surface area contributed by atoms with Crippen molar-refractivity contribution in [2.24, 2.45) is 0 Å². The Morgan fingerprint density at radius 1 is 0.735 bits per heavy atom. The number of benzene rings is 3. The second-order valence-electron chi connectivity index (χ2n) is 16.0. The second kappa shape index (κ2) is 15.2. The van der Waals surface area contributed by atoms with Gasteiger partial charge in [-0.2, -0.15) is 28.8 Å². The third-order valence-electron chi connectivity index (χ3n) is 11.2. The fourth-order valence-corrected chi connectivity index (χ4v) is 8.93. The Morgan fingerprint density at radius 2 is 1.33 bits per heavy atom. The van der Waals surface area contributed by atoms with Crippen molar-refractivity contribution in [3.05, 3.63) is 135 Å². The van der Waals surface area contributed by atoms with Crippen LogP contribution in [0.15, 0.2) is 78.9 Å². The summed E-state index contributed by atoms with van der Waals surface area (Å²) in [5.41, 5.74) is 19.4. The standard InChI is InChI=1S/C25H25.C13H19.C8H8.2ClH.Zr/c1-14-12-24(3,4)22-8-16-7-17-9-23-19(15(2)13-25(23,5)6)11-21(17)20(16)10-18(14)22;1-11-6-7-12(10-11)13(2)8-4-3-5-9-13;1-2-8-6-4-3-5-7-8;;;/h8-12H,7H2,1-6H3;6-7,10H,3-5,8-9H2,1-2H3;3-7H,1H3;2*1H;/q2*-1;;;;+2/p-2. The van der Waals surface area contributed by atoms with E-state index >= 15 is 0 Å². The van der Waals surface area contributed by atoms with Crippen molar-refractivity contribution in [3.63, 3.8) is 0 Å². The van der Waals surface area contributed by atoms with E-state index in [9.17, 15) is 0 Å². The van der Waals surface area contributed by atoms with E-state index in [0.717, 1.165) is 6.42 Å². The number of allylic oxidation sites excluding steroid dienone is 4. The van der Waals surface area contributed by atoms with Gasteiger partial charge >= 0.3 is 70.3 Å². The van der Waals surface area contributed by atoms with Crippen molar-refractivity contribution in [3.8, 4) is 11.1 Å². The van der Waals surface area contributed by atoms with Crippen LogP contribution in [0.1, 0.15) is 138 Å². The summed E-state index contributed by atoms with van der Waals surface area (Å²) in [5, 5.41) is 0. The Balaban J connectivity index is 0.000000190. The van der Waals surface area contributed by atoms with Crippen molar-refractivity contribution < 1.29 is 49.0 Å². The van der Waals surface area contributed by atoms with E-state index in [4.69, 9.17) is 0 Å². The third-order valence-corrected chi connectivity index (χ3v) is 11.9. The number of hydrogen-bond acceptors (Lipinski definition) is 0. The van der Waals surface area contributed by atoms with E-state index in [1.807, 2.05) is 6.07 Å². The summed E-state index contributed by atoms with van der Waals surface area (Å²) in [6.45, 7) is 20.5. The molecule has 4 aliphatic carbocycles. The van der Waals surface area contributed by atoms with E-state index < -0.39 is 0 Å². The molecule has 0 nitrogen and oxygen atoms in total. The van der Waals surface area contributed by atoms with Gasteiger partial charge in [0.15, 0.2) is 0 Å². The molecule has 8 rings (SSSR count). The van der Waals surface area contributed by atoms with Gasteiger partial charge in [0.2, 0.25) is 0 Å². The quantitative estimate of drug-likeness (QED) is 0.189. The van der Waals surface area contributed by atoms with Crippen LogP contribution >= 0.6 is 0 Å². The van der Waals surface area contributed by atoms with E-state index in [2.05, 4.69) is 141 Å². The van der Waals surface area contributed by atoms with E-state index in [-0.39, 0.29) is 35.6 Å². The van der Waals surface area contributed by atoms with Gasteiger partial charge in [-0.15, -0.1) is 11.6 Å². The van der Waals surface area contributed by atoms with Crippen LogP contribution in [0.2, 0.25) is 0 Å². The summed E-state index contributed by atoms with van der Waals surface area (Å²) in [6, 6.07) is 27.2. The molecular weight excluding hydrogens is 715 g/mol. The largest absolute Gasteiger partial charge is 1.00 e. The average Bonchev–Trinajstić information content (AvgIpc) is 3.74. The molecule has 0 bridgehead atoms. The van der Waals surface area contributed by atoms with Crippen LogP contribution in [0.5, 0.6) is 0 Å². The number of fused-ring (bicyclic) bond motifs is 5. The smallest absolute Gasteiger partial charge is 0.0533 e. The van der Waals surface area contributed by atoms with Gasteiger partial charge in [-0.3, -0.25) is 6.08 Å². The van der Waals surface area contributed by atoms with Gasteiger partial charge in [0, 0.05) is 5.41 Å². The molecule has 0 heterocycles. The van der Waals surface area contributed by atoms with Crippen molar-refractivity contribution in [1.82, 2.24) is 0 Å². The first-order valence-electron chi connectivity index (χ1n) is 17.7. The third kappa shape index (κ3) is 8.01. The Morgan fingerprint density at radius 3 is 1.88 bits per heavy atom. The molecule has 0 amide bonds. The number of rotatable bonds is 2. The molecule has 4 aromatic carbocycles. The molecule has 0 aromatic heterocycles. The Hall–Kier alpha value is -2.18. The van der Waals surface area contributed by atoms with Crippen LogP contribution in [0.4, 0.5) is 0 Å². The van der Waals surface area contributed by atoms with Crippen LogP contribution in [0, 0.1) is 13.0 Å². The SMILES string of the molecule is CC1=[C-]C(C)(C)c2cc3c(cc21)-c1cc2c(cc1C3)C(C)(C)C=C2C.C[C](=[Zr+2])c1ccccc1.Cc1cc(C2(C)CCCCC2)c[cH-]1.[Cl-].[Cl-]. The molecule has 4 aromatic rings. The van der Waals surface area contributed by atoms with Crippen molar-refractivity contribution in [1.29, 1.82) is 0 Å². The molecule has 0 spiro atoms. The summed E-state index contributed by atoms with van der Waals surface area (Å²) in [5.74, 6) is 0. The molecule has 0 radical (unpaired) electrons. The minimum atomic E-state index is 0. The van der Waals surface area contributed by atoms with Gasteiger partial charge in [0.1, 0.15) is 0 Å². The van der Waals surface area contributed by atoms with E-state index in [1.54, 1.807) is 5.56 Å². The normalized spacial score (nSPS) is 17.9. The monoisotopic (exact) mass is 764 g/mol. The summed E-state index contributed by atoms with van der Waals surface area (Å²) < 4.78 is 1.46. The van der Waals surface area contributed by atoms with Crippen LogP contribution in [0.25, 0.3) is 22.3 Å². The van der Waals surface area contributed by atoms with Crippen LogP contribution in [-0.4, -0.2) is 3.21 Å². The second-order valence-corrected chi connectivity index (χ2v) is 17.8. The predicted octanol–water partition coefficient (Wildman–Crippen LogP) is 6.17. The first-order chi connectivity index (χ1) is 22.2.